The van der Waals surface area contributed by atoms with Crippen molar-refractivity contribution in [1.82, 2.24) is 10.3 Å². The lowest BCUT2D eigenvalue weighted by molar-refractivity contribution is 0.00555. The van der Waals surface area contributed by atoms with E-state index in [1.54, 1.807) is 0 Å². The molecule has 1 N–H and O–H groups in total. The van der Waals surface area contributed by atoms with Gasteiger partial charge in [0.2, 0.25) is 0 Å². The van der Waals surface area contributed by atoms with Crippen LogP contribution < -0.4 is 5.32 Å². The number of para-hydroxylation sites is 1. The summed E-state index contributed by atoms with van der Waals surface area (Å²) in [6.07, 6.45) is 6.93. The molecule has 3 nitrogen and oxygen atoms in total. The Morgan fingerprint density at radius 3 is 3.00 bits per heavy atom. The van der Waals surface area contributed by atoms with Gasteiger partial charge in [-0.05, 0) is 44.4 Å². The molecule has 0 radical (unpaired) electrons. The summed E-state index contributed by atoms with van der Waals surface area (Å²) in [5, 5.41) is 4.64. The second-order valence-electron chi connectivity index (χ2n) is 5.49. The van der Waals surface area contributed by atoms with Crippen LogP contribution in [0.2, 0.25) is 0 Å². The van der Waals surface area contributed by atoms with Crippen molar-refractivity contribution in [2.24, 2.45) is 0 Å². The lowest BCUT2D eigenvalue weighted by atomic mass is 9.95. The van der Waals surface area contributed by atoms with Gasteiger partial charge in [0.1, 0.15) is 0 Å². The monoisotopic (exact) mass is 270 g/mol. The molecule has 0 spiro atoms. The average Bonchev–Trinajstić information content (AvgIpc) is 2.53. The molecule has 1 aromatic heterocycles. The Labute approximate surface area is 120 Å². The van der Waals surface area contributed by atoms with Gasteiger partial charge in [-0.15, -0.1) is 0 Å². The molecule has 0 aliphatic carbocycles. The topological polar surface area (TPSA) is 34.1 Å². The van der Waals surface area contributed by atoms with Crippen LogP contribution >= 0.6 is 0 Å². The fraction of sp³-hybridized carbons (Fsp3) is 0.471. The molecule has 1 aliphatic heterocycles. The molecule has 106 valence electrons. The number of nitrogens with one attached hydrogen (secondary N) is 1. The summed E-state index contributed by atoms with van der Waals surface area (Å²) in [5.41, 5.74) is 2.38. The highest BCUT2D eigenvalue weighted by Gasteiger charge is 2.21. The van der Waals surface area contributed by atoms with Crippen LogP contribution in [0.15, 0.2) is 36.5 Å². The molecule has 2 unspecified atom stereocenters. The average molecular weight is 270 g/mol. The Balaban J connectivity index is 1.86. The lowest BCUT2D eigenvalue weighted by Crippen LogP contribution is -2.27. The predicted molar refractivity (Wildman–Crippen MR) is 81.8 cm³/mol. The van der Waals surface area contributed by atoms with Gasteiger partial charge in [0.05, 0.1) is 11.6 Å². The van der Waals surface area contributed by atoms with E-state index in [1.807, 2.05) is 19.3 Å². The Bertz CT molecular complexity index is 558. The summed E-state index contributed by atoms with van der Waals surface area (Å²) in [7, 11) is 2.02. The minimum atomic E-state index is 0.302. The highest BCUT2D eigenvalue weighted by molar-refractivity contribution is 5.82. The Morgan fingerprint density at radius 1 is 1.30 bits per heavy atom. The van der Waals surface area contributed by atoms with Gasteiger partial charge in [-0.1, -0.05) is 24.3 Å². The van der Waals surface area contributed by atoms with Crippen molar-refractivity contribution < 1.29 is 4.74 Å². The third-order valence-corrected chi connectivity index (χ3v) is 4.16. The number of pyridine rings is 1. The van der Waals surface area contributed by atoms with Gasteiger partial charge in [0.15, 0.2) is 0 Å². The zero-order valence-electron chi connectivity index (χ0n) is 12.0. The maximum atomic E-state index is 5.88. The van der Waals surface area contributed by atoms with E-state index in [0.717, 1.165) is 18.5 Å². The van der Waals surface area contributed by atoms with Crippen molar-refractivity contribution in [1.29, 1.82) is 0 Å². The minimum Gasteiger partial charge on any atom is -0.378 e. The Kier molecular flexibility index (Phi) is 4.28. The maximum Gasteiger partial charge on any atom is 0.0749 e. The smallest absolute Gasteiger partial charge is 0.0749 e. The second-order valence-corrected chi connectivity index (χ2v) is 5.49. The molecule has 0 bridgehead atoms. The molecule has 0 saturated carbocycles. The van der Waals surface area contributed by atoms with Crippen LogP contribution in [0.25, 0.3) is 10.9 Å². The van der Waals surface area contributed by atoms with Gasteiger partial charge in [-0.2, -0.15) is 0 Å². The molecule has 2 heterocycles. The highest BCUT2D eigenvalue weighted by Crippen LogP contribution is 2.28. The summed E-state index contributed by atoms with van der Waals surface area (Å²) in [5.74, 6) is 0. The molecule has 20 heavy (non-hydrogen) atoms. The fourth-order valence-electron chi connectivity index (χ4n) is 3.07. The van der Waals surface area contributed by atoms with E-state index in [2.05, 4.69) is 34.6 Å². The number of aromatic nitrogens is 1. The zero-order valence-corrected chi connectivity index (χ0v) is 12.0. The van der Waals surface area contributed by atoms with Crippen molar-refractivity contribution in [3.63, 3.8) is 0 Å². The number of rotatable bonds is 4. The summed E-state index contributed by atoms with van der Waals surface area (Å²) >= 11 is 0. The minimum absolute atomic E-state index is 0.302. The number of nitrogens with zero attached hydrogens (tertiary/aromatic N) is 1. The molecule has 3 heteroatoms. The number of hydrogen-bond acceptors (Lipinski definition) is 3. The third kappa shape index (κ3) is 2.84. The van der Waals surface area contributed by atoms with Crippen LogP contribution in [0.4, 0.5) is 0 Å². The van der Waals surface area contributed by atoms with Gasteiger partial charge in [-0.25, -0.2) is 0 Å². The van der Waals surface area contributed by atoms with Crippen LogP contribution in [0, 0.1) is 0 Å². The first-order valence-corrected chi connectivity index (χ1v) is 7.51. The molecule has 0 amide bonds. The highest BCUT2D eigenvalue weighted by atomic mass is 16.5. The molecule has 1 fully saturated rings. The Morgan fingerprint density at radius 2 is 2.20 bits per heavy atom. The van der Waals surface area contributed by atoms with E-state index in [0.29, 0.717) is 12.1 Å². The van der Waals surface area contributed by atoms with E-state index in [1.165, 1.54) is 30.2 Å². The SMILES string of the molecule is CNC(CC1CCCCO1)c1cccc2cccnc12. The van der Waals surface area contributed by atoms with Crippen LogP contribution in [0.3, 0.4) is 0 Å². The lowest BCUT2D eigenvalue weighted by Gasteiger charge is -2.27. The summed E-state index contributed by atoms with van der Waals surface area (Å²) in [4.78, 5) is 4.56. The van der Waals surface area contributed by atoms with E-state index in [4.69, 9.17) is 4.74 Å². The first-order chi connectivity index (χ1) is 9.88. The second kappa shape index (κ2) is 6.33. The Hall–Kier alpha value is -1.45. The van der Waals surface area contributed by atoms with Crippen molar-refractivity contribution in [3.8, 4) is 0 Å². The molecule has 1 saturated heterocycles. The van der Waals surface area contributed by atoms with Gasteiger partial charge < -0.3 is 10.1 Å². The number of benzene rings is 1. The van der Waals surface area contributed by atoms with Crippen molar-refractivity contribution >= 4 is 10.9 Å². The molecule has 2 atom stereocenters. The molecule has 1 aliphatic rings. The van der Waals surface area contributed by atoms with Crippen LogP contribution in [-0.4, -0.2) is 24.7 Å². The maximum absolute atomic E-state index is 5.88. The van der Waals surface area contributed by atoms with Gasteiger partial charge in [-0.3, -0.25) is 4.98 Å². The van der Waals surface area contributed by atoms with E-state index in [9.17, 15) is 0 Å². The fourth-order valence-corrected chi connectivity index (χ4v) is 3.07. The molecular weight excluding hydrogens is 248 g/mol. The number of ether oxygens (including phenoxy) is 1. The van der Waals surface area contributed by atoms with Crippen LogP contribution in [0.5, 0.6) is 0 Å². The van der Waals surface area contributed by atoms with Gasteiger partial charge >= 0.3 is 0 Å². The molecule has 2 aromatic rings. The summed E-state index contributed by atoms with van der Waals surface area (Å²) < 4.78 is 5.88. The normalized spacial score (nSPS) is 20.9. The van der Waals surface area contributed by atoms with E-state index >= 15 is 0 Å². The first-order valence-electron chi connectivity index (χ1n) is 7.51. The van der Waals surface area contributed by atoms with Crippen LogP contribution in [0.1, 0.15) is 37.3 Å². The number of fused-ring (bicyclic) bond motifs is 1. The largest absolute Gasteiger partial charge is 0.378 e. The van der Waals surface area contributed by atoms with Gasteiger partial charge in [0.25, 0.3) is 0 Å². The third-order valence-electron chi connectivity index (χ3n) is 4.16. The van der Waals surface area contributed by atoms with Crippen LogP contribution in [-0.2, 0) is 4.74 Å². The van der Waals surface area contributed by atoms with Crippen molar-refractivity contribution in [2.75, 3.05) is 13.7 Å². The zero-order chi connectivity index (χ0) is 13.8. The first kappa shape index (κ1) is 13.5. The van der Waals surface area contributed by atoms with Crippen molar-refractivity contribution in [2.45, 2.75) is 37.8 Å². The summed E-state index contributed by atoms with van der Waals surface area (Å²) in [6.45, 7) is 0.912. The number of hydrogen-bond donors (Lipinski definition) is 1. The predicted octanol–water partition coefficient (Wildman–Crippen LogP) is 3.45. The molecule has 1 aromatic carbocycles. The quantitative estimate of drug-likeness (QED) is 0.924. The standard InChI is InChI=1S/C17H22N2O/c1-18-16(12-14-8-2-3-11-20-14)15-9-4-6-13-7-5-10-19-17(13)15/h4-7,9-10,14,16,18H,2-3,8,11-12H2,1H3. The molecular formula is C17H22N2O. The molecule has 3 rings (SSSR count). The van der Waals surface area contributed by atoms with Gasteiger partial charge in [0, 0.05) is 24.2 Å². The van der Waals surface area contributed by atoms with Crippen molar-refractivity contribution in [3.05, 3.63) is 42.1 Å². The van der Waals surface area contributed by atoms with E-state index in [-0.39, 0.29) is 0 Å². The van der Waals surface area contributed by atoms with E-state index < -0.39 is 0 Å². The summed E-state index contributed by atoms with van der Waals surface area (Å²) in [6, 6.07) is 10.8.